The Morgan fingerprint density at radius 3 is 1.88 bits per heavy atom. The van der Waals surface area contributed by atoms with Gasteiger partial charge in [-0.05, 0) is 36.4 Å². The maximum absolute atomic E-state index is 13.1. The van der Waals surface area contributed by atoms with Crippen LogP contribution in [0.1, 0.15) is 0 Å². The Balaban J connectivity index is 2.12. The number of methoxy groups -OCH3 is 2. The van der Waals surface area contributed by atoms with Crippen LogP contribution in [0.5, 0.6) is 11.5 Å². The molecule has 4 nitrogen and oxygen atoms in total. The van der Waals surface area contributed by atoms with Gasteiger partial charge in [0.15, 0.2) is 5.43 Å². The van der Waals surface area contributed by atoms with Gasteiger partial charge in [0.2, 0.25) is 0 Å². The van der Waals surface area contributed by atoms with Gasteiger partial charge in [-0.2, -0.15) is 0 Å². The maximum Gasteiger partial charge on any atom is 0.186 e. The molecule has 0 aliphatic heterocycles. The molecule has 2 aromatic carbocycles. The molecular formula is C19H15FO4. The van der Waals surface area contributed by atoms with Crippen LogP contribution < -0.4 is 14.9 Å². The van der Waals surface area contributed by atoms with Crippen molar-refractivity contribution in [1.29, 1.82) is 0 Å². The smallest absolute Gasteiger partial charge is 0.186 e. The summed E-state index contributed by atoms with van der Waals surface area (Å²) in [6, 6.07) is 13.7. The van der Waals surface area contributed by atoms with E-state index in [-0.39, 0.29) is 11.2 Å². The molecule has 24 heavy (non-hydrogen) atoms. The molecule has 0 aliphatic carbocycles. The normalized spacial score (nSPS) is 10.5. The fourth-order valence-corrected chi connectivity index (χ4v) is 2.33. The summed E-state index contributed by atoms with van der Waals surface area (Å²) in [4.78, 5) is 12.0. The van der Waals surface area contributed by atoms with Gasteiger partial charge < -0.3 is 13.9 Å². The largest absolute Gasteiger partial charge is 0.497 e. The van der Waals surface area contributed by atoms with E-state index in [0.717, 1.165) is 0 Å². The summed E-state index contributed by atoms with van der Waals surface area (Å²) >= 11 is 0. The van der Waals surface area contributed by atoms with Gasteiger partial charge in [-0.3, -0.25) is 4.79 Å². The Morgan fingerprint density at radius 1 is 0.792 bits per heavy atom. The Morgan fingerprint density at radius 2 is 1.33 bits per heavy atom. The van der Waals surface area contributed by atoms with Crippen molar-refractivity contribution >= 4 is 0 Å². The first-order valence-corrected chi connectivity index (χ1v) is 7.23. The van der Waals surface area contributed by atoms with Gasteiger partial charge in [0, 0.05) is 29.3 Å². The second-order valence-corrected chi connectivity index (χ2v) is 5.13. The number of rotatable bonds is 4. The minimum absolute atomic E-state index is 0.211. The Hall–Kier alpha value is -3.08. The molecule has 3 aromatic rings. The first kappa shape index (κ1) is 15.8. The SMILES string of the molecule is COc1cc(OC)cc(-c2cc(=O)cc(-c3ccc(F)cc3)o2)c1. The van der Waals surface area contributed by atoms with Crippen LogP contribution in [0.25, 0.3) is 22.6 Å². The molecule has 1 aromatic heterocycles. The van der Waals surface area contributed by atoms with E-state index in [2.05, 4.69) is 0 Å². The molecule has 0 saturated heterocycles. The van der Waals surface area contributed by atoms with E-state index in [1.54, 1.807) is 44.6 Å². The molecule has 0 saturated carbocycles. The fourth-order valence-electron chi connectivity index (χ4n) is 2.33. The molecule has 0 aliphatic rings. The fraction of sp³-hybridized carbons (Fsp3) is 0.105. The van der Waals surface area contributed by atoms with Crippen LogP contribution in [0.15, 0.2) is 63.8 Å². The monoisotopic (exact) mass is 326 g/mol. The van der Waals surface area contributed by atoms with Crippen molar-refractivity contribution in [3.63, 3.8) is 0 Å². The highest BCUT2D eigenvalue weighted by atomic mass is 19.1. The van der Waals surface area contributed by atoms with E-state index in [9.17, 15) is 9.18 Å². The van der Waals surface area contributed by atoms with Gasteiger partial charge in [-0.15, -0.1) is 0 Å². The number of halogens is 1. The van der Waals surface area contributed by atoms with Crippen LogP contribution in [0.2, 0.25) is 0 Å². The summed E-state index contributed by atoms with van der Waals surface area (Å²) in [6.07, 6.45) is 0. The number of ether oxygens (including phenoxy) is 2. The van der Waals surface area contributed by atoms with Gasteiger partial charge in [-0.1, -0.05) is 0 Å². The number of benzene rings is 2. The lowest BCUT2D eigenvalue weighted by Crippen LogP contribution is -1.99. The maximum atomic E-state index is 13.1. The molecule has 0 fully saturated rings. The number of hydrogen-bond donors (Lipinski definition) is 0. The molecule has 0 radical (unpaired) electrons. The van der Waals surface area contributed by atoms with Gasteiger partial charge in [0.05, 0.1) is 14.2 Å². The van der Waals surface area contributed by atoms with E-state index < -0.39 is 0 Å². The van der Waals surface area contributed by atoms with E-state index >= 15 is 0 Å². The molecule has 1 heterocycles. The van der Waals surface area contributed by atoms with E-state index in [4.69, 9.17) is 13.9 Å². The molecule has 0 bridgehead atoms. The van der Waals surface area contributed by atoms with Crippen molar-refractivity contribution in [1.82, 2.24) is 0 Å². The Bertz CT molecular complexity index is 891. The third kappa shape index (κ3) is 3.30. The molecule has 0 N–H and O–H groups in total. The zero-order valence-corrected chi connectivity index (χ0v) is 13.2. The molecule has 0 spiro atoms. The highest BCUT2D eigenvalue weighted by Crippen LogP contribution is 2.31. The second-order valence-electron chi connectivity index (χ2n) is 5.13. The quantitative estimate of drug-likeness (QED) is 0.723. The molecule has 5 heteroatoms. The minimum Gasteiger partial charge on any atom is -0.497 e. The third-order valence-corrected chi connectivity index (χ3v) is 3.53. The highest BCUT2D eigenvalue weighted by molar-refractivity contribution is 5.65. The molecular weight excluding hydrogens is 311 g/mol. The van der Waals surface area contributed by atoms with Gasteiger partial charge in [0.1, 0.15) is 28.8 Å². The lowest BCUT2D eigenvalue weighted by molar-refractivity contribution is 0.394. The summed E-state index contributed by atoms with van der Waals surface area (Å²) in [5, 5.41) is 0. The highest BCUT2D eigenvalue weighted by Gasteiger charge is 2.10. The zero-order valence-electron chi connectivity index (χ0n) is 13.2. The van der Waals surface area contributed by atoms with Crippen LogP contribution in [0, 0.1) is 5.82 Å². The summed E-state index contributed by atoms with van der Waals surface area (Å²) in [7, 11) is 3.09. The van der Waals surface area contributed by atoms with Gasteiger partial charge in [-0.25, -0.2) is 4.39 Å². The van der Waals surface area contributed by atoms with Crippen molar-refractivity contribution in [3.05, 3.63) is 70.6 Å². The Kier molecular flexibility index (Phi) is 4.33. The first-order valence-electron chi connectivity index (χ1n) is 7.23. The molecule has 122 valence electrons. The standard InChI is InChI=1S/C19H15FO4/c1-22-16-7-13(8-17(11-16)23-2)19-10-15(21)9-18(24-19)12-3-5-14(20)6-4-12/h3-11H,1-2H3. The van der Waals surface area contributed by atoms with Crippen LogP contribution in [0.4, 0.5) is 4.39 Å². The average Bonchev–Trinajstić information content (AvgIpc) is 2.61. The summed E-state index contributed by atoms with van der Waals surface area (Å²) in [5.74, 6) is 1.55. The topological polar surface area (TPSA) is 48.7 Å². The van der Waals surface area contributed by atoms with Crippen LogP contribution in [-0.2, 0) is 0 Å². The van der Waals surface area contributed by atoms with Crippen molar-refractivity contribution in [2.45, 2.75) is 0 Å². The Labute approximate surface area is 138 Å². The van der Waals surface area contributed by atoms with Crippen LogP contribution in [-0.4, -0.2) is 14.2 Å². The van der Waals surface area contributed by atoms with E-state index in [1.807, 2.05) is 0 Å². The summed E-state index contributed by atoms with van der Waals surface area (Å²) in [5.41, 5.74) is 1.05. The zero-order chi connectivity index (χ0) is 17.1. The average molecular weight is 326 g/mol. The lowest BCUT2D eigenvalue weighted by atomic mass is 10.1. The molecule has 0 atom stereocenters. The second kappa shape index (κ2) is 6.58. The number of hydrogen-bond acceptors (Lipinski definition) is 4. The predicted octanol–water partition coefficient (Wildman–Crippen LogP) is 4.13. The van der Waals surface area contributed by atoms with Crippen LogP contribution >= 0.6 is 0 Å². The summed E-state index contributed by atoms with van der Waals surface area (Å²) < 4.78 is 29.4. The van der Waals surface area contributed by atoms with E-state index in [1.165, 1.54) is 24.3 Å². The van der Waals surface area contributed by atoms with Gasteiger partial charge >= 0.3 is 0 Å². The molecule has 3 rings (SSSR count). The van der Waals surface area contributed by atoms with Gasteiger partial charge in [0.25, 0.3) is 0 Å². The van der Waals surface area contributed by atoms with Crippen LogP contribution in [0.3, 0.4) is 0 Å². The van der Waals surface area contributed by atoms with Crippen molar-refractivity contribution in [3.8, 4) is 34.1 Å². The van der Waals surface area contributed by atoms with Crippen molar-refractivity contribution in [2.75, 3.05) is 14.2 Å². The molecule has 0 amide bonds. The predicted molar refractivity (Wildman–Crippen MR) is 88.9 cm³/mol. The minimum atomic E-state index is -0.352. The van der Waals surface area contributed by atoms with E-state index in [0.29, 0.717) is 34.1 Å². The summed E-state index contributed by atoms with van der Waals surface area (Å²) in [6.45, 7) is 0. The first-order chi connectivity index (χ1) is 11.6. The molecule has 0 unspecified atom stereocenters. The lowest BCUT2D eigenvalue weighted by Gasteiger charge is -2.09. The van der Waals surface area contributed by atoms with Crippen molar-refractivity contribution < 1.29 is 18.3 Å². The third-order valence-electron chi connectivity index (χ3n) is 3.53. The van der Waals surface area contributed by atoms with Crippen molar-refractivity contribution in [2.24, 2.45) is 0 Å².